The Labute approximate surface area is 183 Å². The predicted octanol–water partition coefficient (Wildman–Crippen LogP) is 1.73. The van der Waals surface area contributed by atoms with Gasteiger partial charge in [0.05, 0.1) is 22.9 Å². The molecule has 2 fully saturated rings. The summed E-state index contributed by atoms with van der Waals surface area (Å²) in [5, 5.41) is 15.4. The highest BCUT2D eigenvalue weighted by atomic mass is 19.1. The van der Waals surface area contributed by atoms with Crippen LogP contribution in [0.4, 0.5) is 15.9 Å². The van der Waals surface area contributed by atoms with E-state index < -0.39 is 18.0 Å². The molecule has 32 heavy (non-hydrogen) atoms. The molecule has 164 valence electrons. The summed E-state index contributed by atoms with van der Waals surface area (Å²) >= 11 is 0. The number of hydrogen-bond acceptors (Lipinski definition) is 6. The van der Waals surface area contributed by atoms with Gasteiger partial charge in [-0.05, 0) is 31.2 Å². The predicted molar refractivity (Wildman–Crippen MR) is 116 cm³/mol. The van der Waals surface area contributed by atoms with Crippen LogP contribution in [0, 0.1) is 18.7 Å². The number of aryl methyl sites for hydroxylation is 1. The third kappa shape index (κ3) is 3.59. The van der Waals surface area contributed by atoms with Crippen LogP contribution in [0.2, 0.25) is 0 Å². The van der Waals surface area contributed by atoms with E-state index in [4.69, 9.17) is 0 Å². The monoisotopic (exact) mass is 435 g/mol. The van der Waals surface area contributed by atoms with E-state index in [1.165, 1.54) is 22.9 Å². The number of amides is 2. The summed E-state index contributed by atoms with van der Waals surface area (Å²) in [6.07, 6.45) is -1.03. The number of nitrogens with one attached hydrogen (secondary N) is 4. The zero-order chi connectivity index (χ0) is 22.2. The lowest BCUT2D eigenvalue weighted by molar-refractivity contribution is -0.129. The van der Waals surface area contributed by atoms with Gasteiger partial charge >= 0.3 is 0 Å². The molecular weight excluding hydrogens is 413 g/mol. The molecule has 0 radical (unpaired) electrons. The van der Waals surface area contributed by atoms with E-state index in [-0.39, 0.29) is 23.6 Å². The maximum absolute atomic E-state index is 14.0. The normalized spacial score (nSPS) is 22.4. The number of benzene rings is 2. The molecule has 2 amide bonds. The quantitative estimate of drug-likeness (QED) is 0.498. The highest BCUT2D eigenvalue weighted by Crippen LogP contribution is 2.27. The number of halogens is 1. The summed E-state index contributed by atoms with van der Waals surface area (Å²) in [7, 11) is 0. The van der Waals surface area contributed by atoms with Crippen LogP contribution in [0.25, 0.3) is 0 Å². The SMILES string of the molecule is Cc1cc(NC(=O)c2ccccc2F)n(C2NC(=O)C3CNN(c4ccccc4)C3N2)n1. The van der Waals surface area contributed by atoms with E-state index in [1.54, 1.807) is 19.1 Å². The Hall–Kier alpha value is -3.76. The Balaban J connectivity index is 1.41. The molecule has 0 saturated carbocycles. The van der Waals surface area contributed by atoms with Gasteiger partial charge in [0.25, 0.3) is 5.91 Å². The first-order valence-electron chi connectivity index (χ1n) is 10.3. The van der Waals surface area contributed by atoms with E-state index in [2.05, 4.69) is 26.5 Å². The van der Waals surface area contributed by atoms with Gasteiger partial charge in [-0.2, -0.15) is 5.10 Å². The van der Waals surface area contributed by atoms with Crippen molar-refractivity contribution in [2.45, 2.75) is 19.4 Å². The standard InChI is InChI=1S/C22H22FN7O2/c1-13-11-18(25-20(31)15-9-5-6-10-17(15)23)30(28-13)22-26-19-16(21(32)27-22)12-24-29(19)14-7-3-2-4-8-14/h2-11,16,19,22,24,26H,12H2,1H3,(H,25,31)(H,27,32). The summed E-state index contributed by atoms with van der Waals surface area (Å²) in [6, 6.07) is 17.1. The second-order valence-electron chi connectivity index (χ2n) is 7.75. The summed E-state index contributed by atoms with van der Waals surface area (Å²) in [6.45, 7) is 2.26. The first kappa shape index (κ1) is 20.2. The molecule has 2 aliphatic rings. The minimum atomic E-state index is -0.709. The molecule has 2 saturated heterocycles. The Kier molecular flexibility index (Phi) is 5.08. The minimum Gasteiger partial charge on any atom is -0.321 e. The van der Waals surface area contributed by atoms with Gasteiger partial charge in [-0.15, -0.1) is 0 Å². The van der Waals surface area contributed by atoms with Crippen LogP contribution >= 0.6 is 0 Å². The Morgan fingerprint density at radius 3 is 2.69 bits per heavy atom. The van der Waals surface area contributed by atoms with Crippen LogP contribution in [0.5, 0.6) is 0 Å². The molecule has 2 aliphatic heterocycles. The lowest BCUT2D eigenvalue weighted by Crippen LogP contribution is -2.61. The van der Waals surface area contributed by atoms with Crippen molar-refractivity contribution in [3.63, 3.8) is 0 Å². The zero-order valence-corrected chi connectivity index (χ0v) is 17.2. The molecule has 0 spiro atoms. The lowest BCUT2D eigenvalue weighted by atomic mass is 10.0. The lowest BCUT2D eigenvalue weighted by Gasteiger charge is -2.37. The highest BCUT2D eigenvalue weighted by Gasteiger charge is 2.45. The first-order valence-corrected chi connectivity index (χ1v) is 10.3. The van der Waals surface area contributed by atoms with Crippen molar-refractivity contribution in [2.75, 3.05) is 16.9 Å². The van der Waals surface area contributed by atoms with Crippen LogP contribution in [-0.4, -0.2) is 34.3 Å². The topological polar surface area (TPSA) is 103 Å². The molecule has 0 bridgehead atoms. The van der Waals surface area contributed by atoms with Gasteiger partial charge in [-0.3, -0.25) is 19.9 Å². The third-order valence-corrected chi connectivity index (χ3v) is 5.58. The van der Waals surface area contributed by atoms with Gasteiger partial charge in [0.1, 0.15) is 17.8 Å². The number of hydrazine groups is 1. The molecule has 3 aromatic rings. The van der Waals surface area contributed by atoms with E-state index >= 15 is 0 Å². The fraction of sp³-hybridized carbons (Fsp3) is 0.227. The van der Waals surface area contributed by atoms with Crippen molar-refractivity contribution in [2.24, 2.45) is 5.92 Å². The van der Waals surface area contributed by atoms with Crippen LogP contribution < -0.4 is 26.4 Å². The molecule has 4 N–H and O–H groups in total. The van der Waals surface area contributed by atoms with Crippen LogP contribution in [-0.2, 0) is 4.79 Å². The molecule has 3 atom stereocenters. The van der Waals surface area contributed by atoms with Crippen LogP contribution in [0.15, 0.2) is 60.7 Å². The van der Waals surface area contributed by atoms with Gasteiger partial charge in [0.2, 0.25) is 5.91 Å². The van der Waals surface area contributed by atoms with Crippen molar-refractivity contribution < 1.29 is 14.0 Å². The maximum Gasteiger partial charge on any atom is 0.259 e. The zero-order valence-electron chi connectivity index (χ0n) is 17.2. The van der Waals surface area contributed by atoms with Gasteiger partial charge in [0.15, 0.2) is 6.29 Å². The van der Waals surface area contributed by atoms with Gasteiger partial charge in [-0.25, -0.2) is 14.5 Å². The molecule has 5 rings (SSSR count). The van der Waals surface area contributed by atoms with Crippen molar-refractivity contribution in [3.05, 3.63) is 77.7 Å². The number of carbonyl (C=O) groups excluding carboxylic acids is 2. The summed E-state index contributed by atoms with van der Waals surface area (Å²) in [5.41, 5.74) is 4.75. The molecular formula is C22H22FN7O2. The molecule has 2 aromatic carbocycles. The summed E-state index contributed by atoms with van der Waals surface area (Å²) in [4.78, 5) is 25.5. The number of fused-ring (bicyclic) bond motifs is 1. The molecule has 3 heterocycles. The third-order valence-electron chi connectivity index (χ3n) is 5.58. The number of hydrogen-bond donors (Lipinski definition) is 4. The van der Waals surface area contributed by atoms with Gasteiger partial charge < -0.3 is 10.6 Å². The van der Waals surface area contributed by atoms with E-state index in [1.807, 2.05) is 35.3 Å². The van der Waals surface area contributed by atoms with Crippen LogP contribution in [0.1, 0.15) is 22.3 Å². The number of nitrogens with zero attached hydrogens (tertiary/aromatic N) is 3. The molecule has 1 aromatic heterocycles. The second-order valence-corrected chi connectivity index (χ2v) is 7.75. The number of aromatic nitrogens is 2. The average Bonchev–Trinajstić information content (AvgIpc) is 3.38. The van der Waals surface area contributed by atoms with Crippen LogP contribution in [0.3, 0.4) is 0 Å². The molecule has 9 nitrogen and oxygen atoms in total. The van der Waals surface area contributed by atoms with E-state index in [0.29, 0.717) is 18.1 Å². The molecule has 0 aliphatic carbocycles. The number of para-hydroxylation sites is 1. The smallest absolute Gasteiger partial charge is 0.259 e. The number of rotatable bonds is 4. The number of carbonyl (C=O) groups is 2. The second kappa shape index (κ2) is 8.06. The Bertz CT molecular complexity index is 1170. The van der Waals surface area contributed by atoms with Gasteiger partial charge in [-0.1, -0.05) is 30.3 Å². The van der Waals surface area contributed by atoms with E-state index in [0.717, 1.165) is 5.69 Å². The Morgan fingerprint density at radius 1 is 1.16 bits per heavy atom. The minimum absolute atomic E-state index is 0.0751. The van der Waals surface area contributed by atoms with Crippen molar-refractivity contribution in [1.82, 2.24) is 25.8 Å². The average molecular weight is 435 g/mol. The Morgan fingerprint density at radius 2 is 1.91 bits per heavy atom. The largest absolute Gasteiger partial charge is 0.321 e. The summed E-state index contributed by atoms with van der Waals surface area (Å²) < 4.78 is 15.5. The maximum atomic E-state index is 14.0. The number of anilines is 2. The molecule has 3 unspecified atom stereocenters. The van der Waals surface area contributed by atoms with Crippen molar-refractivity contribution in [3.8, 4) is 0 Å². The first-order chi connectivity index (χ1) is 15.5. The van der Waals surface area contributed by atoms with E-state index in [9.17, 15) is 14.0 Å². The van der Waals surface area contributed by atoms with Gasteiger partial charge in [0, 0.05) is 12.6 Å². The summed E-state index contributed by atoms with van der Waals surface area (Å²) in [5.74, 6) is -1.32. The molecule has 10 heteroatoms. The highest BCUT2D eigenvalue weighted by molar-refractivity contribution is 6.04. The fourth-order valence-corrected chi connectivity index (χ4v) is 4.07. The van der Waals surface area contributed by atoms with Crippen molar-refractivity contribution >= 4 is 23.3 Å². The fourth-order valence-electron chi connectivity index (χ4n) is 4.07. The van der Waals surface area contributed by atoms with Crippen molar-refractivity contribution in [1.29, 1.82) is 0 Å².